The fourth-order valence-electron chi connectivity index (χ4n) is 4.37. The molecule has 0 spiro atoms. The van der Waals surface area contributed by atoms with Gasteiger partial charge in [0.05, 0.1) is 17.8 Å². The van der Waals surface area contributed by atoms with Crippen molar-refractivity contribution in [1.82, 2.24) is 14.7 Å². The van der Waals surface area contributed by atoms with Crippen LogP contribution in [0.25, 0.3) is 11.3 Å². The first-order chi connectivity index (χ1) is 16.0. The molecule has 0 bridgehead atoms. The fourth-order valence-corrected chi connectivity index (χ4v) is 4.37. The molecule has 2 unspecified atom stereocenters. The highest BCUT2D eigenvalue weighted by Gasteiger charge is 2.26. The van der Waals surface area contributed by atoms with E-state index >= 15 is 0 Å². The number of ether oxygens (including phenoxy) is 2. The summed E-state index contributed by atoms with van der Waals surface area (Å²) < 4.78 is 14.1. The minimum Gasteiger partial charge on any atom is -0.439 e. The number of hydrogen-bond acceptors (Lipinski definition) is 5. The lowest BCUT2D eigenvalue weighted by Gasteiger charge is -2.27. The van der Waals surface area contributed by atoms with Gasteiger partial charge in [0, 0.05) is 38.9 Å². The van der Waals surface area contributed by atoms with E-state index in [9.17, 15) is 5.11 Å². The third-order valence-corrected chi connectivity index (χ3v) is 6.15. The first-order valence-electron chi connectivity index (χ1n) is 11.9. The Kier molecular flexibility index (Phi) is 7.81. The van der Waals surface area contributed by atoms with Crippen LogP contribution in [-0.2, 0) is 18.3 Å². The summed E-state index contributed by atoms with van der Waals surface area (Å²) in [6.45, 7) is 6.88. The van der Waals surface area contributed by atoms with Gasteiger partial charge in [0.25, 0.3) is 0 Å². The van der Waals surface area contributed by atoms with E-state index in [2.05, 4.69) is 30.0 Å². The largest absolute Gasteiger partial charge is 0.439 e. The molecule has 1 aromatic heterocycles. The highest BCUT2D eigenvalue weighted by molar-refractivity contribution is 5.65. The van der Waals surface area contributed by atoms with Crippen LogP contribution in [0.5, 0.6) is 11.6 Å². The van der Waals surface area contributed by atoms with Crippen LogP contribution in [0.1, 0.15) is 37.3 Å². The van der Waals surface area contributed by atoms with E-state index in [1.54, 1.807) is 0 Å². The van der Waals surface area contributed by atoms with E-state index in [1.807, 2.05) is 55.1 Å². The van der Waals surface area contributed by atoms with E-state index < -0.39 is 0 Å². The van der Waals surface area contributed by atoms with Crippen molar-refractivity contribution in [1.29, 1.82) is 0 Å². The quantitative estimate of drug-likeness (QED) is 0.475. The molecule has 2 aromatic carbocycles. The lowest BCUT2D eigenvalue weighted by Crippen LogP contribution is -2.37. The van der Waals surface area contributed by atoms with Crippen molar-refractivity contribution < 1.29 is 14.6 Å². The Bertz CT molecular complexity index is 1030. The summed E-state index contributed by atoms with van der Waals surface area (Å²) in [6.07, 6.45) is 2.69. The summed E-state index contributed by atoms with van der Waals surface area (Å²) >= 11 is 0. The minimum atomic E-state index is -0.385. The van der Waals surface area contributed by atoms with Crippen LogP contribution in [0.3, 0.4) is 0 Å². The van der Waals surface area contributed by atoms with Crippen molar-refractivity contribution in [2.24, 2.45) is 7.05 Å². The Balaban J connectivity index is 1.70. The summed E-state index contributed by atoms with van der Waals surface area (Å²) in [7, 11) is 1.92. The number of benzene rings is 2. The van der Waals surface area contributed by atoms with Gasteiger partial charge in [-0.3, -0.25) is 4.90 Å². The first-order valence-corrected chi connectivity index (χ1v) is 11.9. The second-order valence-electron chi connectivity index (χ2n) is 8.93. The molecule has 6 heteroatoms. The van der Waals surface area contributed by atoms with E-state index in [0.29, 0.717) is 19.5 Å². The van der Waals surface area contributed by atoms with Crippen molar-refractivity contribution in [2.75, 3.05) is 19.7 Å². The zero-order valence-electron chi connectivity index (χ0n) is 19.9. The van der Waals surface area contributed by atoms with Gasteiger partial charge in [-0.05, 0) is 43.9 Å². The van der Waals surface area contributed by atoms with Crippen LogP contribution in [0.4, 0.5) is 0 Å². The SMILES string of the molecule is CCC(O)CN(Cc1c(-c2ccccc2)nn(C)c1Oc1cccc(C)c1)CC1CCCO1. The van der Waals surface area contributed by atoms with Gasteiger partial charge in [-0.2, -0.15) is 5.10 Å². The van der Waals surface area contributed by atoms with Crippen molar-refractivity contribution >= 4 is 0 Å². The Hall–Kier alpha value is -2.67. The molecule has 1 fully saturated rings. The molecule has 1 N–H and O–H groups in total. The van der Waals surface area contributed by atoms with Gasteiger partial charge in [0.15, 0.2) is 0 Å². The van der Waals surface area contributed by atoms with Gasteiger partial charge < -0.3 is 14.6 Å². The van der Waals surface area contributed by atoms with Crippen LogP contribution in [0, 0.1) is 6.92 Å². The van der Waals surface area contributed by atoms with Gasteiger partial charge in [0.1, 0.15) is 11.4 Å². The topological polar surface area (TPSA) is 59.8 Å². The Morgan fingerprint density at radius 2 is 2.03 bits per heavy atom. The van der Waals surface area contributed by atoms with Crippen molar-refractivity contribution in [3.63, 3.8) is 0 Å². The molecule has 2 atom stereocenters. The molecule has 3 aromatic rings. The summed E-state index contributed by atoms with van der Waals surface area (Å²) in [4.78, 5) is 2.29. The molecule has 6 nitrogen and oxygen atoms in total. The summed E-state index contributed by atoms with van der Waals surface area (Å²) in [5.41, 5.74) is 4.12. The molecule has 0 aliphatic carbocycles. The van der Waals surface area contributed by atoms with E-state index in [1.165, 1.54) is 0 Å². The zero-order valence-corrected chi connectivity index (χ0v) is 19.9. The lowest BCUT2D eigenvalue weighted by molar-refractivity contribution is 0.0452. The van der Waals surface area contributed by atoms with E-state index in [-0.39, 0.29) is 12.2 Å². The predicted octanol–water partition coefficient (Wildman–Crippen LogP) is 4.94. The normalized spacial score (nSPS) is 16.9. The van der Waals surface area contributed by atoms with Crippen molar-refractivity contribution in [3.05, 3.63) is 65.7 Å². The molecule has 2 heterocycles. The van der Waals surface area contributed by atoms with Crippen LogP contribution >= 0.6 is 0 Å². The summed E-state index contributed by atoms with van der Waals surface area (Å²) in [5.74, 6) is 1.51. The number of hydrogen-bond donors (Lipinski definition) is 1. The maximum absolute atomic E-state index is 10.5. The molecule has 0 amide bonds. The summed E-state index contributed by atoms with van der Waals surface area (Å²) in [6, 6.07) is 18.3. The Morgan fingerprint density at radius 3 is 2.73 bits per heavy atom. The zero-order chi connectivity index (χ0) is 23.2. The molecule has 1 aliphatic heterocycles. The molecule has 1 aliphatic rings. The van der Waals surface area contributed by atoms with Crippen LogP contribution in [0.15, 0.2) is 54.6 Å². The lowest BCUT2D eigenvalue weighted by atomic mass is 10.1. The van der Waals surface area contributed by atoms with Gasteiger partial charge >= 0.3 is 0 Å². The summed E-state index contributed by atoms with van der Waals surface area (Å²) in [5, 5.41) is 15.3. The van der Waals surface area contributed by atoms with Crippen molar-refractivity contribution in [2.45, 2.75) is 51.9 Å². The fraction of sp³-hybridized carbons (Fsp3) is 0.444. The number of aryl methyl sites for hydroxylation is 2. The third kappa shape index (κ3) is 6.02. The molecular formula is C27H35N3O3. The monoisotopic (exact) mass is 449 g/mol. The second kappa shape index (κ2) is 11.0. The Morgan fingerprint density at radius 1 is 1.21 bits per heavy atom. The molecular weight excluding hydrogens is 414 g/mol. The number of aromatic nitrogens is 2. The minimum absolute atomic E-state index is 0.201. The third-order valence-electron chi connectivity index (χ3n) is 6.15. The molecule has 0 saturated carbocycles. The number of nitrogens with zero attached hydrogens (tertiary/aromatic N) is 3. The van der Waals surface area contributed by atoms with Gasteiger partial charge in [-0.1, -0.05) is 49.4 Å². The first kappa shape index (κ1) is 23.5. The number of aliphatic hydroxyl groups excluding tert-OH is 1. The molecule has 176 valence electrons. The smallest absolute Gasteiger partial charge is 0.222 e. The van der Waals surface area contributed by atoms with Gasteiger partial charge in [0.2, 0.25) is 5.88 Å². The van der Waals surface area contributed by atoms with Gasteiger partial charge in [-0.25, -0.2) is 4.68 Å². The van der Waals surface area contributed by atoms with Crippen LogP contribution in [-0.4, -0.2) is 51.7 Å². The highest BCUT2D eigenvalue weighted by Crippen LogP contribution is 2.34. The van der Waals surface area contributed by atoms with Crippen LogP contribution < -0.4 is 4.74 Å². The second-order valence-corrected chi connectivity index (χ2v) is 8.93. The maximum Gasteiger partial charge on any atom is 0.222 e. The molecule has 1 saturated heterocycles. The standard InChI is InChI=1S/C27H35N3O3/c1-4-22(31)17-30(18-24-14-9-15-32-24)19-25-26(21-11-6-5-7-12-21)28-29(3)27(25)33-23-13-8-10-20(2)16-23/h5-8,10-13,16,22,24,31H,4,9,14-15,17-19H2,1-3H3. The molecule has 0 radical (unpaired) electrons. The molecule has 33 heavy (non-hydrogen) atoms. The maximum atomic E-state index is 10.5. The van der Waals surface area contributed by atoms with Gasteiger partial charge in [-0.15, -0.1) is 0 Å². The average molecular weight is 450 g/mol. The van der Waals surface area contributed by atoms with E-state index in [4.69, 9.17) is 14.6 Å². The molecule has 4 rings (SSSR count). The van der Waals surface area contributed by atoms with Crippen LogP contribution in [0.2, 0.25) is 0 Å². The highest BCUT2D eigenvalue weighted by atomic mass is 16.5. The Labute approximate surface area is 196 Å². The number of rotatable bonds is 10. The van der Waals surface area contributed by atoms with Crippen molar-refractivity contribution in [3.8, 4) is 22.9 Å². The number of aliphatic hydroxyl groups is 1. The van der Waals surface area contributed by atoms with E-state index in [0.717, 1.165) is 60.0 Å². The average Bonchev–Trinajstić information content (AvgIpc) is 3.43. The predicted molar refractivity (Wildman–Crippen MR) is 130 cm³/mol.